The first-order valence-corrected chi connectivity index (χ1v) is 7.73. The van der Waals surface area contributed by atoms with Crippen molar-refractivity contribution in [2.24, 2.45) is 0 Å². The van der Waals surface area contributed by atoms with Crippen LogP contribution in [0.1, 0.15) is 23.5 Å². The highest BCUT2D eigenvalue weighted by molar-refractivity contribution is 9.10. The molecule has 2 aromatic rings. The minimum atomic E-state index is 0.000978. The van der Waals surface area contributed by atoms with Crippen LogP contribution in [0.15, 0.2) is 40.9 Å². The van der Waals surface area contributed by atoms with Gasteiger partial charge in [0.15, 0.2) is 11.5 Å². The van der Waals surface area contributed by atoms with Crippen LogP contribution in [0.3, 0.4) is 0 Å². The van der Waals surface area contributed by atoms with Gasteiger partial charge >= 0.3 is 0 Å². The molecule has 0 saturated carbocycles. The Labute approximate surface area is 137 Å². The molecule has 1 aliphatic heterocycles. The van der Waals surface area contributed by atoms with Crippen LogP contribution in [0.4, 0.5) is 5.69 Å². The van der Waals surface area contributed by atoms with E-state index < -0.39 is 0 Å². The molecule has 3 rings (SSSR count). The van der Waals surface area contributed by atoms with Gasteiger partial charge in [0, 0.05) is 28.6 Å². The maximum Gasteiger partial charge on any atom is 0.225 e. The molecule has 0 saturated heterocycles. The van der Waals surface area contributed by atoms with Crippen molar-refractivity contribution in [2.45, 2.75) is 12.3 Å². The number of hydrogen-bond acceptors (Lipinski definition) is 3. The standard InChI is InChI=1S/C17H16BrNO3/c1-21-15-7-13-12(10-4-3-5-11(18)6-10)8-17(20)19-14(13)9-16(15)22-2/h3-7,9,12H,8H2,1-2H3,(H,19,20)/t12-/m0/s1. The number of benzene rings is 2. The number of carbonyl (C=O) groups is 1. The second-order valence-electron chi connectivity index (χ2n) is 5.15. The molecule has 0 spiro atoms. The molecule has 1 aliphatic rings. The zero-order valence-corrected chi connectivity index (χ0v) is 13.9. The summed E-state index contributed by atoms with van der Waals surface area (Å²) in [6, 6.07) is 11.8. The van der Waals surface area contributed by atoms with E-state index >= 15 is 0 Å². The number of amides is 1. The van der Waals surface area contributed by atoms with Gasteiger partial charge < -0.3 is 14.8 Å². The zero-order valence-electron chi connectivity index (χ0n) is 12.4. The summed E-state index contributed by atoms with van der Waals surface area (Å²) in [7, 11) is 3.19. The van der Waals surface area contributed by atoms with E-state index in [1.54, 1.807) is 14.2 Å². The number of carbonyl (C=O) groups excluding carboxylic acids is 1. The van der Waals surface area contributed by atoms with Gasteiger partial charge in [0.1, 0.15) is 0 Å². The van der Waals surface area contributed by atoms with Gasteiger partial charge in [-0.15, -0.1) is 0 Å². The Hall–Kier alpha value is -2.01. The molecule has 4 nitrogen and oxygen atoms in total. The Morgan fingerprint density at radius 3 is 2.55 bits per heavy atom. The summed E-state index contributed by atoms with van der Waals surface area (Å²) in [4.78, 5) is 12.1. The van der Waals surface area contributed by atoms with Crippen LogP contribution in [0.25, 0.3) is 0 Å². The smallest absolute Gasteiger partial charge is 0.225 e. The topological polar surface area (TPSA) is 47.6 Å². The first-order chi connectivity index (χ1) is 10.6. The second-order valence-corrected chi connectivity index (χ2v) is 6.07. The predicted octanol–water partition coefficient (Wildman–Crippen LogP) is 3.94. The van der Waals surface area contributed by atoms with E-state index in [9.17, 15) is 4.79 Å². The number of halogens is 1. The molecule has 0 unspecified atom stereocenters. The van der Waals surface area contributed by atoms with Crippen molar-refractivity contribution in [2.75, 3.05) is 19.5 Å². The Morgan fingerprint density at radius 2 is 1.86 bits per heavy atom. The highest BCUT2D eigenvalue weighted by Crippen LogP contribution is 2.43. The largest absolute Gasteiger partial charge is 0.493 e. The van der Waals surface area contributed by atoms with Crippen LogP contribution in [0.5, 0.6) is 11.5 Å². The lowest BCUT2D eigenvalue weighted by Crippen LogP contribution is -2.23. The normalized spacial score (nSPS) is 16.7. The molecule has 0 aliphatic carbocycles. The van der Waals surface area contributed by atoms with E-state index in [0.29, 0.717) is 17.9 Å². The first-order valence-electron chi connectivity index (χ1n) is 6.93. The quantitative estimate of drug-likeness (QED) is 0.900. The van der Waals surface area contributed by atoms with Crippen molar-refractivity contribution < 1.29 is 14.3 Å². The maximum atomic E-state index is 12.1. The average molecular weight is 362 g/mol. The minimum Gasteiger partial charge on any atom is -0.493 e. The summed E-state index contributed by atoms with van der Waals surface area (Å²) >= 11 is 3.49. The molecule has 22 heavy (non-hydrogen) atoms. The Morgan fingerprint density at radius 1 is 1.14 bits per heavy atom. The molecule has 1 atom stereocenters. The molecule has 1 heterocycles. The molecular formula is C17H16BrNO3. The summed E-state index contributed by atoms with van der Waals surface area (Å²) in [6.45, 7) is 0. The summed E-state index contributed by atoms with van der Waals surface area (Å²) < 4.78 is 11.7. The summed E-state index contributed by atoms with van der Waals surface area (Å²) in [5.41, 5.74) is 2.91. The molecule has 1 amide bonds. The number of methoxy groups -OCH3 is 2. The third-order valence-electron chi connectivity index (χ3n) is 3.85. The lowest BCUT2D eigenvalue weighted by molar-refractivity contribution is -0.116. The van der Waals surface area contributed by atoms with Crippen LogP contribution in [-0.4, -0.2) is 20.1 Å². The molecule has 5 heteroatoms. The molecule has 0 radical (unpaired) electrons. The zero-order chi connectivity index (χ0) is 15.7. The van der Waals surface area contributed by atoms with E-state index in [1.807, 2.05) is 36.4 Å². The fourth-order valence-corrected chi connectivity index (χ4v) is 3.23. The molecule has 0 aromatic heterocycles. The van der Waals surface area contributed by atoms with Crippen LogP contribution in [-0.2, 0) is 4.79 Å². The molecule has 0 fully saturated rings. The minimum absolute atomic E-state index is 0.000978. The third-order valence-corrected chi connectivity index (χ3v) is 4.34. The Kier molecular flexibility index (Phi) is 4.07. The molecule has 114 valence electrons. The first kappa shape index (κ1) is 14.9. The van der Waals surface area contributed by atoms with Crippen molar-refractivity contribution in [3.05, 3.63) is 52.0 Å². The lowest BCUT2D eigenvalue weighted by atomic mass is 9.84. The number of hydrogen-bond donors (Lipinski definition) is 1. The van der Waals surface area contributed by atoms with Crippen LogP contribution in [0, 0.1) is 0 Å². The fourth-order valence-electron chi connectivity index (χ4n) is 2.81. The fraction of sp³-hybridized carbons (Fsp3) is 0.235. The number of fused-ring (bicyclic) bond motifs is 1. The summed E-state index contributed by atoms with van der Waals surface area (Å²) in [5.74, 6) is 1.28. The van der Waals surface area contributed by atoms with Gasteiger partial charge in [0.2, 0.25) is 5.91 Å². The SMILES string of the molecule is COc1cc2c(cc1OC)[C@H](c1cccc(Br)c1)CC(=O)N2. The number of rotatable bonds is 3. The van der Waals surface area contributed by atoms with Gasteiger partial charge in [-0.3, -0.25) is 4.79 Å². The number of nitrogens with one attached hydrogen (secondary N) is 1. The highest BCUT2D eigenvalue weighted by Gasteiger charge is 2.28. The van der Waals surface area contributed by atoms with E-state index in [4.69, 9.17) is 9.47 Å². The Bertz CT molecular complexity index is 730. The average Bonchev–Trinajstić information content (AvgIpc) is 2.52. The van der Waals surface area contributed by atoms with E-state index in [-0.39, 0.29) is 11.8 Å². The summed E-state index contributed by atoms with van der Waals surface area (Å²) in [6.07, 6.45) is 0.416. The lowest BCUT2D eigenvalue weighted by Gasteiger charge is -2.27. The van der Waals surface area contributed by atoms with Gasteiger partial charge in [-0.2, -0.15) is 0 Å². The number of anilines is 1. The van der Waals surface area contributed by atoms with Crippen molar-refractivity contribution in [3.8, 4) is 11.5 Å². The van der Waals surface area contributed by atoms with Gasteiger partial charge in [-0.05, 0) is 29.3 Å². The molecule has 0 bridgehead atoms. The van der Waals surface area contributed by atoms with Crippen molar-refractivity contribution in [1.82, 2.24) is 0 Å². The molecule has 2 aromatic carbocycles. The molecule has 1 N–H and O–H groups in total. The number of ether oxygens (including phenoxy) is 2. The molecular weight excluding hydrogens is 346 g/mol. The summed E-state index contributed by atoms with van der Waals surface area (Å²) in [5, 5.41) is 2.91. The van der Waals surface area contributed by atoms with Gasteiger partial charge in [-0.1, -0.05) is 28.1 Å². The van der Waals surface area contributed by atoms with Gasteiger partial charge in [-0.25, -0.2) is 0 Å². The van der Waals surface area contributed by atoms with E-state index in [1.165, 1.54) is 0 Å². The van der Waals surface area contributed by atoms with Crippen molar-refractivity contribution >= 4 is 27.5 Å². The van der Waals surface area contributed by atoms with Gasteiger partial charge in [0.05, 0.1) is 14.2 Å². The van der Waals surface area contributed by atoms with Crippen molar-refractivity contribution in [3.63, 3.8) is 0 Å². The van der Waals surface area contributed by atoms with E-state index in [0.717, 1.165) is 21.3 Å². The maximum absolute atomic E-state index is 12.1. The van der Waals surface area contributed by atoms with Crippen LogP contribution >= 0.6 is 15.9 Å². The predicted molar refractivity (Wildman–Crippen MR) is 88.8 cm³/mol. The van der Waals surface area contributed by atoms with Crippen molar-refractivity contribution in [1.29, 1.82) is 0 Å². The van der Waals surface area contributed by atoms with Crippen LogP contribution in [0.2, 0.25) is 0 Å². The van der Waals surface area contributed by atoms with E-state index in [2.05, 4.69) is 21.2 Å². The van der Waals surface area contributed by atoms with Gasteiger partial charge in [0.25, 0.3) is 0 Å². The monoisotopic (exact) mass is 361 g/mol. The third kappa shape index (κ3) is 2.68. The van der Waals surface area contributed by atoms with Crippen LogP contribution < -0.4 is 14.8 Å². The Balaban J connectivity index is 2.14. The highest BCUT2D eigenvalue weighted by atomic mass is 79.9. The second kappa shape index (κ2) is 6.01.